The third kappa shape index (κ3) is 4.11. The number of aryl methyl sites for hydroxylation is 1. The van der Waals surface area contributed by atoms with Gasteiger partial charge in [0.25, 0.3) is 0 Å². The van der Waals surface area contributed by atoms with Crippen LogP contribution in [-0.2, 0) is 12.7 Å². The number of likely N-dealkylation sites (tertiary alicyclic amines) is 1. The lowest BCUT2D eigenvalue weighted by atomic mass is 9.60. The van der Waals surface area contributed by atoms with E-state index in [1.807, 2.05) is 12.3 Å². The zero-order valence-electron chi connectivity index (χ0n) is 15.8. The van der Waals surface area contributed by atoms with Crippen LogP contribution in [0.2, 0.25) is 0 Å². The van der Waals surface area contributed by atoms with Gasteiger partial charge in [-0.15, -0.1) is 0 Å². The second-order valence-corrected chi connectivity index (χ2v) is 8.08. The number of rotatable bonds is 4. The van der Waals surface area contributed by atoms with Crippen LogP contribution in [0.1, 0.15) is 42.6 Å². The van der Waals surface area contributed by atoms with Crippen molar-refractivity contribution in [2.45, 2.75) is 51.4 Å². The van der Waals surface area contributed by atoms with E-state index in [1.54, 1.807) is 0 Å². The van der Waals surface area contributed by atoms with Crippen LogP contribution in [0.15, 0.2) is 30.7 Å². The van der Waals surface area contributed by atoms with E-state index in [0.29, 0.717) is 5.41 Å². The second-order valence-electron chi connectivity index (χ2n) is 8.08. The Morgan fingerprint density at radius 2 is 1.93 bits per heavy atom. The predicted octanol–water partition coefficient (Wildman–Crippen LogP) is 4.06. The van der Waals surface area contributed by atoms with E-state index in [1.165, 1.54) is 5.56 Å². The first-order valence-electron chi connectivity index (χ1n) is 9.62. The predicted molar refractivity (Wildman–Crippen MR) is 99.6 cm³/mol. The lowest BCUT2D eigenvalue weighted by molar-refractivity contribution is -0.141. The number of nitrogens with one attached hydrogen (secondary N) is 1. The quantitative estimate of drug-likeness (QED) is 0.852. The number of hydrogen-bond donors (Lipinski definition) is 1. The first-order valence-corrected chi connectivity index (χ1v) is 9.62. The van der Waals surface area contributed by atoms with Gasteiger partial charge >= 0.3 is 6.18 Å². The van der Waals surface area contributed by atoms with Crippen LogP contribution in [0.25, 0.3) is 0 Å². The van der Waals surface area contributed by atoms with Crippen LogP contribution in [0.3, 0.4) is 0 Å². The van der Waals surface area contributed by atoms with Crippen LogP contribution in [0.5, 0.6) is 0 Å². The number of alkyl halides is 3. The Kier molecular flexibility index (Phi) is 4.99. The SMILES string of the molecule is Cc1cccnc1CN1CCC2(CC1)CC(Nc1cc(C(F)(F)F)ncn1)C2. The van der Waals surface area contributed by atoms with Crippen molar-refractivity contribution in [3.05, 3.63) is 47.7 Å². The number of halogens is 3. The molecule has 8 heteroatoms. The van der Waals surface area contributed by atoms with Crippen molar-refractivity contribution in [3.8, 4) is 0 Å². The van der Waals surface area contributed by atoms with Crippen molar-refractivity contribution >= 4 is 5.82 Å². The first kappa shape index (κ1) is 19.1. The van der Waals surface area contributed by atoms with Gasteiger partial charge < -0.3 is 5.32 Å². The number of pyridine rings is 1. The summed E-state index contributed by atoms with van der Waals surface area (Å²) in [5, 5.41) is 3.15. The van der Waals surface area contributed by atoms with Crippen molar-refractivity contribution < 1.29 is 13.2 Å². The van der Waals surface area contributed by atoms with Gasteiger partial charge in [-0.1, -0.05) is 6.07 Å². The van der Waals surface area contributed by atoms with E-state index < -0.39 is 11.9 Å². The van der Waals surface area contributed by atoms with Gasteiger partial charge in [-0.3, -0.25) is 9.88 Å². The Bertz CT molecular complexity index is 823. The third-order valence-electron chi connectivity index (χ3n) is 6.08. The molecule has 2 aromatic heterocycles. The van der Waals surface area contributed by atoms with E-state index in [4.69, 9.17) is 0 Å². The molecule has 150 valence electrons. The summed E-state index contributed by atoms with van der Waals surface area (Å²) in [5.74, 6) is 0.255. The Morgan fingerprint density at radius 1 is 1.18 bits per heavy atom. The fraction of sp³-hybridized carbons (Fsp3) is 0.550. The molecule has 0 radical (unpaired) electrons. The van der Waals surface area contributed by atoms with Crippen LogP contribution in [0, 0.1) is 12.3 Å². The summed E-state index contributed by atoms with van der Waals surface area (Å²) in [6, 6.07) is 5.22. The minimum Gasteiger partial charge on any atom is -0.367 e. The molecule has 3 heterocycles. The van der Waals surface area contributed by atoms with Crippen molar-refractivity contribution in [2.75, 3.05) is 18.4 Å². The topological polar surface area (TPSA) is 53.9 Å². The molecule has 0 aromatic carbocycles. The Hall–Kier alpha value is -2.22. The lowest BCUT2D eigenvalue weighted by Crippen LogP contribution is -2.51. The minimum atomic E-state index is -4.45. The highest BCUT2D eigenvalue weighted by Gasteiger charge is 2.46. The average molecular weight is 391 g/mol. The van der Waals surface area contributed by atoms with Gasteiger partial charge in [0.15, 0.2) is 0 Å². The van der Waals surface area contributed by atoms with Gasteiger partial charge in [-0.05, 0) is 62.7 Å². The molecule has 0 bridgehead atoms. The number of hydrogen-bond acceptors (Lipinski definition) is 5. The molecular formula is C20H24F3N5. The van der Waals surface area contributed by atoms with Crippen LogP contribution in [-0.4, -0.2) is 39.0 Å². The summed E-state index contributed by atoms with van der Waals surface area (Å²) in [7, 11) is 0. The van der Waals surface area contributed by atoms with Crippen LogP contribution in [0.4, 0.5) is 19.0 Å². The van der Waals surface area contributed by atoms with Gasteiger partial charge in [-0.2, -0.15) is 13.2 Å². The summed E-state index contributed by atoms with van der Waals surface area (Å²) in [5.41, 5.74) is 1.76. The number of aromatic nitrogens is 3. The van der Waals surface area contributed by atoms with Crippen LogP contribution < -0.4 is 5.32 Å². The average Bonchev–Trinajstić information content (AvgIpc) is 2.63. The molecule has 0 atom stereocenters. The molecule has 1 N–H and O–H groups in total. The highest BCUT2D eigenvalue weighted by atomic mass is 19.4. The number of nitrogens with zero attached hydrogens (tertiary/aromatic N) is 4. The molecule has 2 aromatic rings. The van der Waals surface area contributed by atoms with E-state index in [-0.39, 0.29) is 11.9 Å². The maximum atomic E-state index is 12.8. The summed E-state index contributed by atoms with van der Waals surface area (Å²) < 4.78 is 38.3. The molecular weight excluding hydrogens is 367 g/mol. The first-order chi connectivity index (χ1) is 13.3. The summed E-state index contributed by atoms with van der Waals surface area (Å²) in [6.45, 7) is 5.04. The van der Waals surface area contributed by atoms with Gasteiger partial charge in [0, 0.05) is 24.8 Å². The highest BCUT2D eigenvalue weighted by Crippen LogP contribution is 2.50. The monoisotopic (exact) mass is 391 g/mol. The van der Waals surface area contributed by atoms with E-state index in [2.05, 4.69) is 38.2 Å². The molecule has 4 rings (SSSR count). The van der Waals surface area contributed by atoms with Gasteiger partial charge in [0.2, 0.25) is 0 Å². The van der Waals surface area contributed by atoms with Gasteiger partial charge in [0.05, 0.1) is 5.69 Å². The maximum absolute atomic E-state index is 12.8. The maximum Gasteiger partial charge on any atom is 0.433 e. The smallest absolute Gasteiger partial charge is 0.367 e. The molecule has 1 saturated heterocycles. The zero-order valence-corrected chi connectivity index (χ0v) is 15.8. The molecule has 1 saturated carbocycles. The lowest BCUT2D eigenvalue weighted by Gasteiger charge is -2.52. The van der Waals surface area contributed by atoms with E-state index in [9.17, 15) is 13.2 Å². The molecule has 28 heavy (non-hydrogen) atoms. The van der Waals surface area contributed by atoms with Crippen molar-refractivity contribution in [1.29, 1.82) is 0 Å². The standard InChI is InChI=1S/C20H24F3N5/c1-14-3-2-6-24-16(14)12-28-7-4-19(5-8-28)10-15(11-19)27-18-9-17(20(21,22)23)25-13-26-18/h2-3,6,9,13,15H,4-5,7-8,10-12H2,1H3,(H,25,26,27). The van der Waals surface area contributed by atoms with E-state index in [0.717, 1.165) is 63.4 Å². The van der Waals surface area contributed by atoms with Gasteiger partial charge in [0.1, 0.15) is 17.8 Å². The zero-order chi connectivity index (χ0) is 19.8. The van der Waals surface area contributed by atoms with Crippen molar-refractivity contribution in [2.24, 2.45) is 5.41 Å². The van der Waals surface area contributed by atoms with Crippen molar-refractivity contribution in [3.63, 3.8) is 0 Å². The van der Waals surface area contributed by atoms with Crippen molar-refractivity contribution in [1.82, 2.24) is 19.9 Å². The highest BCUT2D eigenvalue weighted by molar-refractivity contribution is 5.38. The van der Waals surface area contributed by atoms with Gasteiger partial charge in [-0.25, -0.2) is 9.97 Å². The number of anilines is 1. The van der Waals surface area contributed by atoms with Crippen LogP contribution >= 0.6 is 0 Å². The molecule has 1 aliphatic carbocycles. The third-order valence-corrected chi connectivity index (χ3v) is 6.08. The summed E-state index contributed by atoms with van der Waals surface area (Å²) in [4.78, 5) is 14.2. The largest absolute Gasteiger partial charge is 0.433 e. The Morgan fingerprint density at radius 3 is 2.61 bits per heavy atom. The molecule has 1 aliphatic heterocycles. The number of piperidine rings is 1. The second kappa shape index (κ2) is 7.31. The summed E-state index contributed by atoms with van der Waals surface area (Å²) in [6.07, 6.45) is 2.57. The van der Waals surface area contributed by atoms with E-state index >= 15 is 0 Å². The Labute approximate surface area is 162 Å². The minimum absolute atomic E-state index is 0.181. The molecule has 2 fully saturated rings. The molecule has 2 aliphatic rings. The fourth-order valence-electron chi connectivity index (χ4n) is 4.38. The Balaban J connectivity index is 1.27. The normalized spacial score (nSPS) is 20.1. The molecule has 0 amide bonds. The fourth-order valence-corrected chi connectivity index (χ4v) is 4.38. The molecule has 5 nitrogen and oxygen atoms in total. The molecule has 1 spiro atoms. The molecule has 0 unspecified atom stereocenters. The summed E-state index contributed by atoms with van der Waals surface area (Å²) >= 11 is 0.